The highest BCUT2D eigenvalue weighted by molar-refractivity contribution is 6.30. The van der Waals surface area contributed by atoms with E-state index in [1.165, 1.54) is 7.05 Å². The predicted molar refractivity (Wildman–Crippen MR) is 46.4 cm³/mol. The van der Waals surface area contributed by atoms with Crippen LogP contribution < -0.4 is 0 Å². The van der Waals surface area contributed by atoms with E-state index in [2.05, 4.69) is 5.10 Å². The van der Waals surface area contributed by atoms with Gasteiger partial charge in [-0.15, -0.1) is 0 Å². The lowest BCUT2D eigenvalue weighted by Crippen LogP contribution is -2.15. The number of aryl methyl sites for hydroxylation is 1. The van der Waals surface area contributed by atoms with Gasteiger partial charge in [0.25, 0.3) is 0 Å². The number of aliphatic hydroxyl groups is 1. The molecule has 0 amide bonds. The molecule has 0 aliphatic heterocycles. The molecule has 1 fully saturated rings. The fraction of sp³-hybridized carbons (Fsp3) is 0.625. The van der Waals surface area contributed by atoms with Crippen molar-refractivity contribution in [3.63, 3.8) is 0 Å². The second-order valence-corrected chi connectivity index (χ2v) is 4.03. The van der Waals surface area contributed by atoms with Crippen molar-refractivity contribution in [2.45, 2.75) is 24.6 Å². The molecule has 2 rings (SSSR count). The van der Waals surface area contributed by atoms with Crippen molar-refractivity contribution in [1.29, 1.82) is 0 Å². The largest absolute Gasteiger partial charge is 0.435 e. The molecule has 1 aromatic rings. The number of halogens is 4. The fourth-order valence-electron chi connectivity index (χ4n) is 1.48. The average Bonchev–Trinajstić information content (AvgIpc) is 2.73. The van der Waals surface area contributed by atoms with Gasteiger partial charge >= 0.3 is 6.18 Å². The first kappa shape index (κ1) is 10.8. The molecule has 1 N–H and O–H groups in total. The minimum Gasteiger partial charge on any atom is -0.385 e. The van der Waals surface area contributed by atoms with Gasteiger partial charge in [0.15, 0.2) is 5.69 Å². The van der Waals surface area contributed by atoms with Crippen molar-refractivity contribution in [2.24, 2.45) is 7.05 Å². The summed E-state index contributed by atoms with van der Waals surface area (Å²) in [5.41, 5.74) is -2.81. The molecule has 3 nitrogen and oxygen atoms in total. The van der Waals surface area contributed by atoms with Crippen molar-refractivity contribution < 1.29 is 18.3 Å². The van der Waals surface area contributed by atoms with E-state index < -0.39 is 17.5 Å². The Bertz CT molecular complexity index is 409. The van der Waals surface area contributed by atoms with E-state index in [1.54, 1.807) is 0 Å². The van der Waals surface area contributed by atoms with E-state index in [1.807, 2.05) is 0 Å². The molecule has 1 aromatic heterocycles. The number of rotatable bonds is 1. The van der Waals surface area contributed by atoms with Gasteiger partial charge in [-0.05, 0) is 12.8 Å². The van der Waals surface area contributed by atoms with E-state index in [0.717, 1.165) is 4.68 Å². The second kappa shape index (κ2) is 2.89. The highest BCUT2D eigenvalue weighted by atomic mass is 35.5. The predicted octanol–water partition coefficient (Wildman–Crippen LogP) is 2.07. The van der Waals surface area contributed by atoms with E-state index in [-0.39, 0.29) is 10.7 Å². The second-order valence-electron chi connectivity index (χ2n) is 3.67. The maximum atomic E-state index is 12.6. The molecule has 0 spiro atoms. The SMILES string of the molecule is Cn1nc(C(F)(F)F)c(C2(O)CC2)c1Cl. The number of nitrogens with zero attached hydrogens (tertiary/aromatic N) is 2. The Morgan fingerprint density at radius 1 is 1.47 bits per heavy atom. The van der Waals surface area contributed by atoms with Crippen LogP contribution in [0.3, 0.4) is 0 Å². The molecule has 0 bridgehead atoms. The van der Waals surface area contributed by atoms with Gasteiger partial charge in [-0.1, -0.05) is 11.6 Å². The Balaban J connectivity index is 2.60. The molecule has 0 unspecified atom stereocenters. The zero-order valence-electron chi connectivity index (χ0n) is 7.77. The smallest absolute Gasteiger partial charge is 0.385 e. The number of aromatic nitrogens is 2. The van der Waals surface area contributed by atoms with Crippen molar-refractivity contribution in [3.05, 3.63) is 16.4 Å². The number of hydrogen-bond acceptors (Lipinski definition) is 2. The van der Waals surface area contributed by atoms with Crippen molar-refractivity contribution in [1.82, 2.24) is 9.78 Å². The van der Waals surface area contributed by atoms with Gasteiger partial charge in [0, 0.05) is 7.05 Å². The third kappa shape index (κ3) is 1.61. The van der Waals surface area contributed by atoms with Crippen LogP contribution in [0.25, 0.3) is 0 Å². The fourth-order valence-corrected chi connectivity index (χ4v) is 1.79. The maximum Gasteiger partial charge on any atom is 0.435 e. The van der Waals surface area contributed by atoms with Gasteiger partial charge in [-0.25, -0.2) is 0 Å². The van der Waals surface area contributed by atoms with Crippen LogP contribution in [0.2, 0.25) is 5.15 Å². The quantitative estimate of drug-likeness (QED) is 0.816. The van der Waals surface area contributed by atoms with Crippen LogP contribution in [0.5, 0.6) is 0 Å². The summed E-state index contributed by atoms with van der Waals surface area (Å²) >= 11 is 5.69. The Hall–Kier alpha value is -0.750. The van der Waals surface area contributed by atoms with Gasteiger partial charge < -0.3 is 5.11 Å². The van der Waals surface area contributed by atoms with Gasteiger partial charge in [0.2, 0.25) is 0 Å². The van der Waals surface area contributed by atoms with E-state index in [0.29, 0.717) is 12.8 Å². The Labute approximate surface area is 88.5 Å². The van der Waals surface area contributed by atoms with E-state index in [9.17, 15) is 18.3 Å². The van der Waals surface area contributed by atoms with E-state index in [4.69, 9.17) is 11.6 Å². The summed E-state index contributed by atoms with van der Waals surface area (Å²) in [6, 6.07) is 0. The van der Waals surface area contributed by atoms with Crippen LogP contribution in [0.4, 0.5) is 13.2 Å². The Morgan fingerprint density at radius 3 is 2.40 bits per heavy atom. The molecule has 0 radical (unpaired) electrons. The summed E-state index contributed by atoms with van der Waals surface area (Å²) in [6.07, 6.45) is -4.00. The zero-order valence-corrected chi connectivity index (χ0v) is 8.52. The van der Waals surface area contributed by atoms with Crippen molar-refractivity contribution in [3.8, 4) is 0 Å². The lowest BCUT2D eigenvalue weighted by Gasteiger charge is -2.10. The van der Waals surface area contributed by atoms with Crippen molar-refractivity contribution in [2.75, 3.05) is 0 Å². The monoisotopic (exact) mass is 240 g/mol. The summed E-state index contributed by atoms with van der Waals surface area (Å²) < 4.78 is 38.6. The summed E-state index contributed by atoms with van der Waals surface area (Å²) in [7, 11) is 1.31. The van der Waals surface area contributed by atoms with E-state index >= 15 is 0 Å². The van der Waals surface area contributed by atoms with Crippen LogP contribution in [-0.4, -0.2) is 14.9 Å². The van der Waals surface area contributed by atoms with Gasteiger partial charge in [0.1, 0.15) is 5.15 Å². The molecule has 0 aromatic carbocycles. The van der Waals surface area contributed by atoms with Crippen LogP contribution in [0, 0.1) is 0 Å². The Morgan fingerprint density at radius 2 is 2.00 bits per heavy atom. The minimum atomic E-state index is -4.58. The molecule has 15 heavy (non-hydrogen) atoms. The lowest BCUT2D eigenvalue weighted by atomic mass is 10.1. The highest BCUT2D eigenvalue weighted by Gasteiger charge is 2.52. The zero-order chi connectivity index (χ0) is 11.4. The first-order chi connectivity index (χ1) is 6.76. The number of alkyl halides is 3. The molecule has 0 atom stereocenters. The highest BCUT2D eigenvalue weighted by Crippen LogP contribution is 2.51. The number of hydrogen-bond donors (Lipinski definition) is 1. The summed E-state index contributed by atoms with van der Waals surface area (Å²) in [4.78, 5) is 0. The molecule has 1 aliphatic rings. The standard InChI is InChI=1S/C8H8ClF3N2O/c1-14-6(9)4(7(15)2-3-7)5(13-14)8(10,11)12/h15H,2-3H2,1H3. The average molecular weight is 241 g/mol. The van der Waals surface area contributed by atoms with Crippen LogP contribution in [-0.2, 0) is 18.8 Å². The topological polar surface area (TPSA) is 38.0 Å². The maximum absolute atomic E-state index is 12.6. The van der Waals surface area contributed by atoms with Crippen LogP contribution in [0.15, 0.2) is 0 Å². The Kier molecular flexibility index (Phi) is 2.07. The lowest BCUT2D eigenvalue weighted by molar-refractivity contribution is -0.143. The third-order valence-corrected chi connectivity index (χ3v) is 2.87. The molecule has 1 heterocycles. The molecule has 7 heteroatoms. The van der Waals surface area contributed by atoms with Crippen LogP contribution in [0.1, 0.15) is 24.1 Å². The van der Waals surface area contributed by atoms with Gasteiger partial charge in [-0.3, -0.25) is 4.68 Å². The van der Waals surface area contributed by atoms with Gasteiger partial charge in [0.05, 0.1) is 11.2 Å². The molecule has 84 valence electrons. The third-order valence-electron chi connectivity index (χ3n) is 2.43. The van der Waals surface area contributed by atoms with Crippen molar-refractivity contribution >= 4 is 11.6 Å². The molecule has 1 aliphatic carbocycles. The summed E-state index contributed by atoms with van der Waals surface area (Å²) in [5, 5.41) is 12.8. The molecule has 1 saturated carbocycles. The molecular formula is C8H8ClF3N2O. The first-order valence-corrected chi connectivity index (χ1v) is 4.66. The minimum absolute atomic E-state index is 0.151. The van der Waals surface area contributed by atoms with Gasteiger partial charge in [-0.2, -0.15) is 18.3 Å². The molecular weight excluding hydrogens is 233 g/mol. The normalized spacial score (nSPS) is 19.3. The van der Waals surface area contributed by atoms with Crippen LogP contribution >= 0.6 is 11.6 Å². The summed E-state index contributed by atoms with van der Waals surface area (Å²) in [6.45, 7) is 0. The first-order valence-electron chi connectivity index (χ1n) is 4.28. The summed E-state index contributed by atoms with van der Waals surface area (Å²) in [5.74, 6) is 0. The molecule has 0 saturated heterocycles.